The highest BCUT2D eigenvalue weighted by atomic mass is 19.4. The summed E-state index contributed by atoms with van der Waals surface area (Å²) in [5, 5.41) is 12.6. The Labute approximate surface area is 178 Å². The fourth-order valence-electron chi connectivity index (χ4n) is 3.89. The number of nitrogens with zero attached hydrogens (tertiary/aromatic N) is 3. The molecule has 1 aliphatic rings. The molecule has 1 fully saturated rings. The second-order valence-electron chi connectivity index (χ2n) is 7.68. The maximum atomic E-state index is 13.6. The zero-order valence-electron chi connectivity index (χ0n) is 17.1. The molecule has 1 aromatic carbocycles. The van der Waals surface area contributed by atoms with Crippen LogP contribution in [0.3, 0.4) is 0 Å². The predicted molar refractivity (Wildman–Crippen MR) is 109 cm³/mol. The first-order valence-corrected chi connectivity index (χ1v) is 10.1. The number of hydrogen-bond donors (Lipinski definition) is 1. The number of amides is 1. The first-order chi connectivity index (χ1) is 14.7. The van der Waals surface area contributed by atoms with E-state index in [4.69, 9.17) is 0 Å². The van der Waals surface area contributed by atoms with Crippen molar-refractivity contribution in [2.75, 3.05) is 18.0 Å². The fraction of sp³-hybridized carbons (Fsp3) is 0.455. The normalized spacial score (nSPS) is 19.1. The van der Waals surface area contributed by atoms with Crippen LogP contribution in [0.4, 0.5) is 18.9 Å². The SMILES string of the molecule is CCC(=O)CCC(=O)NC1CC(C(F)(F)F)CN(c2ccc(C#N)c3ncccc23)C1. The molecule has 0 radical (unpaired) electrons. The minimum atomic E-state index is -4.42. The molecule has 0 bridgehead atoms. The van der Waals surface area contributed by atoms with Crippen molar-refractivity contribution < 1.29 is 22.8 Å². The Kier molecular flexibility index (Phi) is 6.78. The lowest BCUT2D eigenvalue weighted by molar-refractivity contribution is -0.178. The molecule has 1 saturated heterocycles. The number of Topliss-reactive ketones (excluding diaryl/α,β-unsaturated/α-hetero) is 1. The Balaban J connectivity index is 1.87. The average Bonchev–Trinajstić information content (AvgIpc) is 2.75. The van der Waals surface area contributed by atoms with Gasteiger partial charge in [0.2, 0.25) is 5.91 Å². The number of carbonyl (C=O) groups is 2. The van der Waals surface area contributed by atoms with Crippen molar-refractivity contribution in [3.63, 3.8) is 0 Å². The fourth-order valence-corrected chi connectivity index (χ4v) is 3.89. The van der Waals surface area contributed by atoms with Crippen LogP contribution >= 0.6 is 0 Å². The van der Waals surface area contributed by atoms with Crippen LogP contribution in [0.5, 0.6) is 0 Å². The Hall–Kier alpha value is -3.15. The van der Waals surface area contributed by atoms with Gasteiger partial charge in [-0.15, -0.1) is 0 Å². The van der Waals surface area contributed by atoms with Crippen molar-refractivity contribution >= 4 is 28.3 Å². The lowest BCUT2D eigenvalue weighted by Gasteiger charge is -2.40. The molecule has 3 rings (SSSR count). The zero-order valence-corrected chi connectivity index (χ0v) is 17.1. The lowest BCUT2D eigenvalue weighted by atomic mass is 9.92. The summed E-state index contributed by atoms with van der Waals surface area (Å²) in [6, 6.07) is 7.90. The minimum Gasteiger partial charge on any atom is -0.368 e. The highest BCUT2D eigenvalue weighted by Crippen LogP contribution is 2.37. The number of anilines is 1. The first kappa shape index (κ1) is 22.5. The van der Waals surface area contributed by atoms with Crippen molar-refractivity contribution in [1.82, 2.24) is 10.3 Å². The van der Waals surface area contributed by atoms with Gasteiger partial charge in [-0.25, -0.2) is 0 Å². The molecule has 0 spiro atoms. The number of carbonyl (C=O) groups excluding carboxylic acids is 2. The van der Waals surface area contributed by atoms with E-state index < -0.39 is 24.0 Å². The summed E-state index contributed by atoms with van der Waals surface area (Å²) in [4.78, 5) is 29.5. The molecule has 1 N–H and O–H groups in total. The second kappa shape index (κ2) is 9.33. The van der Waals surface area contributed by atoms with Crippen molar-refractivity contribution in [3.05, 3.63) is 36.0 Å². The molecule has 164 valence electrons. The third-order valence-electron chi connectivity index (χ3n) is 5.51. The van der Waals surface area contributed by atoms with Gasteiger partial charge in [0, 0.05) is 55.7 Å². The topological polar surface area (TPSA) is 86.1 Å². The molecule has 2 unspecified atom stereocenters. The van der Waals surface area contributed by atoms with E-state index in [0.717, 1.165) is 0 Å². The molecule has 31 heavy (non-hydrogen) atoms. The third kappa shape index (κ3) is 5.32. The summed E-state index contributed by atoms with van der Waals surface area (Å²) < 4.78 is 40.9. The van der Waals surface area contributed by atoms with Gasteiger partial charge in [-0.2, -0.15) is 18.4 Å². The second-order valence-corrected chi connectivity index (χ2v) is 7.68. The molecule has 2 aromatic rings. The summed E-state index contributed by atoms with van der Waals surface area (Å²) in [6.07, 6.45) is -2.75. The minimum absolute atomic E-state index is 0.0381. The molecular weight excluding hydrogens is 409 g/mol. The van der Waals surface area contributed by atoms with Crippen molar-refractivity contribution in [1.29, 1.82) is 5.26 Å². The highest BCUT2D eigenvalue weighted by Gasteiger charge is 2.45. The summed E-state index contributed by atoms with van der Waals surface area (Å²) in [7, 11) is 0. The maximum Gasteiger partial charge on any atom is 0.393 e. The van der Waals surface area contributed by atoms with E-state index in [2.05, 4.69) is 16.4 Å². The van der Waals surface area contributed by atoms with Crippen LogP contribution in [-0.2, 0) is 9.59 Å². The van der Waals surface area contributed by atoms with Gasteiger partial charge in [-0.1, -0.05) is 6.92 Å². The van der Waals surface area contributed by atoms with E-state index in [1.165, 1.54) is 6.20 Å². The van der Waals surface area contributed by atoms with Crippen LogP contribution in [-0.4, -0.2) is 42.0 Å². The number of aromatic nitrogens is 1. The average molecular weight is 432 g/mol. The van der Waals surface area contributed by atoms with Crippen LogP contribution in [0.2, 0.25) is 0 Å². The molecule has 0 aliphatic carbocycles. The Morgan fingerprint density at radius 1 is 1.26 bits per heavy atom. The molecule has 1 aromatic heterocycles. The number of nitriles is 1. The number of halogens is 3. The van der Waals surface area contributed by atoms with Gasteiger partial charge in [-0.05, 0) is 30.7 Å². The molecular formula is C22H23F3N4O2. The molecule has 1 amide bonds. The van der Waals surface area contributed by atoms with E-state index in [1.807, 2.05) is 0 Å². The first-order valence-electron chi connectivity index (χ1n) is 10.1. The molecule has 1 aliphatic heterocycles. The summed E-state index contributed by atoms with van der Waals surface area (Å²) >= 11 is 0. The van der Waals surface area contributed by atoms with Gasteiger partial charge in [0.05, 0.1) is 17.0 Å². The number of rotatable bonds is 6. The van der Waals surface area contributed by atoms with E-state index in [1.54, 1.807) is 36.1 Å². The van der Waals surface area contributed by atoms with Crippen LogP contribution in [0.1, 0.15) is 38.2 Å². The van der Waals surface area contributed by atoms with Gasteiger partial charge < -0.3 is 10.2 Å². The smallest absolute Gasteiger partial charge is 0.368 e. The number of piperidine rings is 1. The number of hydrogen-bond acceptors (Lipinski definition) is 5. The van der Waals surface area contributed by atoms with Crippen LogP contribution in [0, 0.1) is 17.2 Å². The number of fused-ring (bicyclic) bond motifs is 1. The summed E-state index contributed by atoms with van der Waals surface area (Å²) in [6.45, 7) is 1.64. The van der Waals surface area contributed by atoms with Gasteiger partial charge in [0.1, 0.15) is 11.9 Å². The molecule has 2 heterocycles. The Morgan fingerprint density at radius 3 is 2.71 bits per heavy atom. The van der Waals surface area contributed by atoms with Crippen LogP contribution in [0.15, 0.2) is 30.5 Å². The number of ketones is 1. The number of benzene rings is 1. The van der Waals surface area contributed by atoms with Gasteiger partial charge in [0.25, 0.3) is 0 Å². The maximum absolute atomic E-state index is 13.6. The summed E-state index contributed by atoms with van der Waals surface area (Å²) in [5.74, 6) is -2.11. The standard InChI is InChI=1S/C22H23F3N4O2/c1-2-17(30)6-8-20(31)28-16-10-15(22(23,24)25)12-29(13-16)19-7-5-14(11-26)21-18(19)4-3-9-27-21/h3-5,7,9,15-16H,2,6,8,10,12-13H2,1H3,(H,28,31). The molecule has 0 saturated carbocycles. The molecule has 9 heteroatoms. The zero-order chi connectivity index (χ0) is 22.6. The van der Waals surface area contributed by atoms with Crippen LogP contribution < -0.4 is 10.2 Å². The van der Waals surface area contributed by atoms with E-state index in [-0.39, 0.29) is 38.1 Å². The summed E-state index contributed by atoms with van der Waals surface area (Å²) in [5.41, 5.74) is 1.31. The van der Waals surface area contributed by atoms with Crippen molar-refractivity contribution in [2.45, 2.75) is 44.8 Å². The Bertz CT molecular complexity index is 1020. The Morgan fingerprint density at radius 2 is 2.03 bits per heavy atom. The molecule has 6 nitrogen and oxygen atoms in total. The lowest BCUT2D eigenvalue weighted by Crippen LogP contribution is -2.54. The quantitative estimate of drug-likeness (QED) is 0.752. The van der Waals surface area contributed by atoms with Crippen LogP contribution in [0.25, 0.3) is 10.9 Å². The largest absolute Gasteiger partial charge is 0.393 e. The monoisotopic (exact) mass is 432 g/mol. The van der Waals surface area contributed by atoms with E-state index >= 15 is 0 Å². The van der Waals surface area contributed by atoms with Gasteiger partial charge in [-0.3, -0.25) is 14.6 Å². The van der Waals surface area contributed by atoms with Crippen molar-refractivity contribution in [2.24, 2.45) is 5.92 Å². The molecule has 2 atom stereocenters. The van der Waals surface area contributed by atoms with E-state index in [0.29, 0.717) is 28.6 Å². The third-order valence-corrected chi connectivity index (χ3v) is 5.51. The number of pyridine rings is 1. The predicted octanol–water partition coefficient (Wildman–Crippen LogP) is 3.74. The number of alkyl halides is 3. The highest BCUT2D eigenvalue weighted by molar-refractivity contribution is 5.95. The van der Waals surface area contributed by atoms with E-state index in [9.17, 15) is 28.0 Å². The van der Waals surface area contributed by atoms with Gasteiger partial charge >= 0.3 is 6.18 Å². The van der Waals surface area contributed by atoms with Gasteiger partial charge in [0.15, 0.2) is 0 Å². The van der Waals surface area contributed by atoms with Crippen molar-refractivity contribution in [3.8, 4) is 6.07 Å². The number of nitrogens with one attached hydrogen (secondary N) is 1.